The van der Waals surface area contributed by atoms with Crippen molar-refractivity contribution in [3.63, 3.8) is 0 Å². The van der Waals surface area contributed by atoms with E-state index in [-0.39, 0.29) is 0 Å². The van der Waals surface area contributed by atoms with Crippen LogP contribution in [0.2, 0.25) is 0 Å². The average molecular weight is 1390 g/mol. The lowest BCUT2D eigenvalue weighted by molar-refractivity contribution is 0.409. The third-order valence-electron chi connectivity index (χ3n) is 7.87. The van der Waals surface area contributed by atoms with Gasteiger partial charge in [-0.3, -0.25) is 0 Å². The van der Waals surface area contributed by atoms with Crippen molar-refractivity contribution in [1.82, 2.24) is 0 Å². The highest BCUT2D eigenvalue weighted by molar-refractivity contribution is 6.86. The van der Waals surface area contributed by atoms with Crippen LogP contribution in [0.1, 0.15) is 65.2 Å². The SMILES string of the molecule is CCCCCCCCCC.ClC1(Cl)C(Cl)(Cl)C(Cl)(Cl)C(Cl)(Cl)C(Cl)(Cl)C(Cl)(Cl)C(Cl)(Cl)C(Cl)(Cl)C(Cl)(Cl)C(Cl)(Cl)C(Cl)(Cl)C(Cl)(Cl)C(Cl)(Cl)C(Cl)(Cl)C1(Cl)Cl. The molecule has 0 amide bonds. The van der Waals surface area contributed by atoms with Crippen LogP contribution in [0.3, 0.4) is 0 Å². The van der Waals surface area contributed by atoms with E-state index in [0.717, 1.165) is 0 Å². The summed E-state index contributed by atoms with van der Waals surface area (Å²) in [6.45, 7) is 4.54. The van der Waals surface area contributed by atoms with Gasteiger partial charge < -0.3 is 0 Å². The second-order valence-corrected chi connectivity index (χ2v) is 31.6. The largest absolute Gasteiger partial charge is 0.189 e. The van der Waals surface area contributed by atoms with Gasteiger partial charge in [0.05, 0.1) is 0 Å². The molecule has 1 saturated carbocycles. The van der Waals surface area contributed by atoms with E-state index in [4.69, 9.17) is 348 Å². The van der Waals surface area contributed by atoms with Crippen LogP contribution >= 0.6 is 348 Å². The Morgan fingerprint density at radius 2 is 0.236 bits per heavy atom. The lowest BCUT2D eigenvalue weighted by Gasteiger charge is -2.57. The summed E-state index contributed by atoms with van der Waals surface area (Å²) in [6.07, 6.45) is 11.5. The predicted molar refractivity (Wildman–Crippen MR) is 265 cm³/mol. The average Bonchev–Trinajstić information content (AvgIpc) is 3.01. The highest BCUT2D eigenvalue weighted by atomic mass is 35.6. The van der Waals surface area contributed by atoms with E-state index < -0.39 is 65.0 Å². The fraction of sp³-hybridized carbons (Fsp3) is 1.00. The standard InChI is InChI=1S/C15Cl30.C10H22/c16-1(17)2(18,19)4(22,23)6(26,27)8(30,31)10(34,35)12(38,39)14(42,43)15(44,45)13(40,41)11(36,37)9(32,33)7(28,29)5(24,25)3(1,20)21;1-3-5-7-9-10-8-6-4-2/h;3-10H2,1-2H3. The zero-order valence-corrected chi connectivity index (χ0v) is 49.2. The number of hydrogen-bond donors (Lipinski definition) is 0. The van der Waals surface area contributed by atoms with Crippen molar-refractivity contribution in [3.05, 3.63) is 0 Å². The van der Waals surface area contributed by atoms with Gasteiger partial charge in [0, 0.05) is 0 Å². The van der Waals surface area contributed by atoms with Crippen molar-refractivity contribution in [2.75, 3.05) is 0 Å². The fourth-order valence-corrected chi connectivity index (χ4v) is 15.6. The lowest BCUT2D eigenvalue weighted by atomic mass is 9.98. The van der Waals surface area contributed by atoms with Crippen LogP contribution < -0.4 is 0 Å². The van der Waals surface area contributed by atoms with Gasteiger partial charge in [0.15, 0.2) is 65.0 Å². The van der Waals surface area contributed by atoms with Crippen LogP contribution in [0.15, 0.2) is 0 Å². The smallest absolute Gasteiger partial charge is 0.0946 e. The van der Waals surface area contributed by atoms with Gasteiger partial charge in [-0.05, 0) is 0 Å². The summed E-state index contributed by atoms with van der Waals surface area (Å²) in [5.41, 5.74) is 0. The molecular formula is C25H22Cl30. The Kier molecular flexibility index (Phi) is 24.3. The van der Waals surface area contributed by atoms with Crippen molar-refractivity contribution in [2.45, 2.75) is 130 Å². The number of halogens is 30. The van der Waals surface area contributed by atoms with Crippen molar-refractivity contribution in [1.29, 1.82) is 0 Å². The molecule has 0 atom stereocenters. The molecule has 55 heavy (non-hydrogen) atoms. The van der Waals surface area contributed by atoms with Crippen molar-refractivity contribution >= 4 is 348 Å². The molecule has 0 N–H and O–H groups in total. The maximum absolute atomic E-state index is 6.48. The first-order valence-corrected chi connectivity index (χ1v) is 25.7. The Balaban J connectivity index is 0.00000254. The fourth-order valence-electron chi connectivity index (χ4n) is 4.16. The summed E-state index contributed by atoms with van der Waals surface area (Å²) >= 11 is 195. The maximum atomic E-state index is 6.48. The Hall–Kier alpha value is 8.70. The van der Waals surface area contributed by atoms with E-state index in [0.29, 0.717) is 0 Å². The van der Waals surface area contributed by atoms with Gasteiger partial charge in [0.25, 0.3) is 0 Å². The van der Waals surface area contributed by atoms with Gasteiger partial charge >= 0.3 is 0 Å². The molecule has 0 saturated heterocycles. The minimum Gasteiger partial charge on any atom is -0.0946 e. The molecule has 0 nitrogen and oxygen atoms in total. The molecule has 0 spiro atoms. The highest BCUT2D eigenvalue weighted by Crippen LogP contribution is 2.80. The molecule has 0 radical (unpaired) electrons. The van der Waals surface area contributed by atoms with Gasteiger partial charge in [0.1, 0.15) is 0 Å². The molecule has 0 heterocycles. The molecule has 1 aliphatic rings. The second-order valence-electron chi connectivity index (χ2n) is 11.7. The first-order chi connectivity index (χ1) is 23.7. The third-order valence-corrected chi connectivity index (χ3v) is 30.7. The van der Waals surface area contributed by atoms with E-state index in [1.54, 1.807) is 0 Å². The predicted octanol–water partition coefficient (Wildman–Crippen LogP) is 21.8. The molecule has 0 aromatic heterocycles. The zero-order valence-electron chi connectivity index (χ0n) is 26.5. The number of unbranched alkanes of at least 4 members (excludes halogenated alkanes) is 7. The molecule has 30 heteroatoms. The van der Waals surface area contributed by atoms with Gasteiger partial charge in [0.2, 0.25) is 0 Å². The lowest BCUT2D eigenvalue weighted by Crippen LogP contribution is -2.74. The zero-order chi connectivity index (χ0) is 45.2. The van der Waals surface area contributed by atoms with Crippen molar-refractivity contribution in [3.8, 4) is 0 Å². The van der Waals surface area contributed by atoms with E-state index in [1.807, 2.05) is 0 Å². The van der Waals surface area contributed by atoms with Crippen LogP contribution in [-0.4, -0.2) is 65.0 Å². The molecule has 0 unspecified atom stereocenters. The molecule has 0 aromatic carbocycles. The van der Waals surface area contributed by atoms with Gasteiger partial charge in [-0.15, -0.1) is 0 Å². The normalized spacial score (nSPS) is 29.7. The van der Waals surface area contributed by atoms with Crippen LogP contribution in [0.5, 0.6) is 0 Å². The molecule has 1 rings (SSSR count). The second kappa shape index (κ2) is 21.0. The Bertz CT molecular complexity index is 872. The summed E-state index contributed by atoms with van der Waals surface area (Å²) in [5, 5.41) is 0. The molecule has 0 aromatic rings. The van der Waals surface area contributed by atoms with Gasteiger partial charge in [-0.25, -0.2) is 0 Å². The topological polar surface area (TPSA) is 0 Å². The highest BCUT2D eigenvalue weighted by Gasteiger charge is 2.90. The summed E-state index contributed by atoms with van der Waals surface area (Å²) in [5.74, 6) is 0. The van der Waals surface area contributed by atoms with Crippen LogP contribution in [0.25, 0.3) is 0 Å². The molecule has 0 aliphatic heterocycles. The van der Waals surface area contributed by atoms with Crippen molar-refractivity contribution < 1.29 is 0 Å². The van der Waals surface area contributed by atoms with Crippen LogP contribution in [0.4, 0.5) is 0 Å². The minimum absolute atomic E-state index is 1.37. The minimum atomic E-state index is -3.50. The summed E-state index contributed by atoms with van der Waals surface area (Å²) < 4.78 is -52.5. The summed E-state index contributed by atoms with van der Waals surface area (Å²) in [7, 11) is 0. The van der Waals surface area contributed by atoms with E-state index in [1.165, 1.54) is 51.4 Å². The molecule has 1 aliphatic carbocycles. The van der Waals surface area contributed by atoms with Gasteiger partial charge in [-0.1, -0.05) is 413 Å². The van der Waals surface area contributed by atoms with Crippen LogP contribution in [0, 0.1) is 0 Å². The number of alkyl halides is 30. The van der Waals surface area contributed by atoms with Gasteiger partial charge in [-0.2, -0.15) is 0 Å². The third kappa shape index (κ3) is 10.2. The Morgan fingerprint density at radius 3 is 0.309 bits per heavy atom. The molecular weight excluding hydrogens is 1360 g/mol. The summed E-state index contributed by atoms with van der Waals surface area (Å²) in [4.78, 5) is 0. The van der Waals surface area contributed by atoms with E-state index in [9.17, 15) is 0 Å². The molecule has 0 bridgehead atoms. The molecule has 332 valence electrons. The monoisotopic (exact) mass is 1370 g/mol. The first kappa shape index (κ1) is 63.7. The first-order valence-electron chi connectivity index (χ1n) is 14.3. The summed E-state index contributed by atoms with van der Waals surface area (Å²) in [6, 6.07) is 0. The number of hydrogen-bond acceptors (Lipinski definition) is 0. The van der Waals surface area contributed by atoms with E-state index in [2.05, 4.69) is 13.8 Å². The Labute approximate surface area is 471 Å². The Morgan fingerprint density at radius 1 is 0.164 bits per heavy atom. The van der Waals surface area contributed by atoms with E-state index >= 15 is 0 Å². The van der Waals surface area contributed by atoms with Crippen LogP contribution in [-0.2, 0) is 0 Å². The maximum Gasteiger partial charge on any atom is 0.189 e. The van der Waals surface area contributed by atoms with Crippen molar-refractivity contribution in [2.24, 2.45) is 0 Å². The molecule has 1 fully saturated rings. The quantitative estimate of drug-likeness (QED) is 0.176. The number of rotatable bonds is 7.